The van der Waals surface area contributed by atoms with Crippen LogP contribution in [0.3, 0.4) is 0 Å². The Morgan fingerprint density at radius 3 is 2.78 bits per heavy atom. The molecule has 1 N–H and O–H groups in total. The Bertz CT molecular complexity index is 808. The highest BCUT2D eigenvalue weighted by molar-refractivity contribution is 9.10. The van der Waals surface area contributed by atoms with Crippen LogP contribution >= 0.6 is 38.6 Å². The second-order valence-corrected chi connectivity index (χ2v) is 7.70. The fraction of sp³-hybridized carbons (Fsp3) is 0.0588. The van der Waals surface area contributed by atoms with Crippen LogP contribution in [0.15, 0.2) is 58.5 Å². The van der Waals surface area contributed by atoms with Gasteiger partial charge in [-0.3, -0.25) is 4.79 Å². The van der Waals surface area contributed by atoms with Crippen LogP contribution in [0.4, 0.5) is 0 Å². The predicted octanol–water partition coefficient (Wildman–Crippen LogP) is 4.96. The quantitative estimate of drug-likeness (QED) is 0.610. The molecule has 0 radical (unpaired) electrons. The predicted molar refractivity (Wildman–Crippen MR) is 100 cm³/mol. The molecule has 116 valence electrons. The van der Waals surface area contributed by atoms with E-state index in [0.29, 0.717) is 6.54 Å². The third kappa shape index (κ3) is 4.60. The summed E-state index contributed by atoms with van der Waals surface area (Å²) in [4.78, 5) is 18.2. The molecule has 0 saturated heterocycles. The van der Waals surface area contributed by atoms with Crippen LogP contribution in [0, 0.1) is 0 Å². The Balaban J connectivity index is 1.59. The summed E-state index contributed by atoms with van der Waals surface area (Å²) in [5, 5.41) is 5.62. The third-order valence-electron chi connectivity index (χ3n) is 3.05. The van der Waals surface area contributed by atoms with Gasteiger partial charge < -0.3 is 5.32 Å². The molecule has 0 spiro atoms. The molecule has 2 heterocycles. The topological polar surface area (TPSA) is 42.0 Å². The van der Waals surface area contributed by atoms with E-state index in [0.717, 1.165) is 14.4 Å². The second kappa shape index (κ2) is 7.68. The van der Waals surface area contributed by atoms with Crippen LogP contribution < -0.4 is 5.32 Å². The number of benzene rings is 1. The van der Waals surface area contributed by atoms with E-state index < -0.39 is 0 Å². The molecule has 0 saturated carbocycles. The molecule has 0 atom stereocenters. The van der Waals surface area contributed by atoms with Gasteiger partial charge in [0.25, 0.3) is 0 Å². The molecular formula is C17H13BrN2OS2. The zero-order chi connectivity index (χ0) is 16.1. The fourth-order valence-corrected chi connectivity index (χ4v) is 3.67. The standard InChI is InChI=1S/C17H13BrN2OS2/c18-13-3-1-12(2-4-13)15-7-5-14(23-15)6-8-16(21)20-11-17-19-9-10-22-17/h1-10H,11H2,(H,20,21)/b8-6+. The number of rotatable bonds is 5. The minimum atomic E-state index is -0.112. The Morgan fingerprint density at radius 1 is 1.22 bits per heavy atom. The monoisotopic (exact) mass is 404 g/mol. The molecule has 1 amide bonds. The minimum Gasteiger partial charge on any atom is -0.346 e. The highest BCUT2D eigenvalue weighted by Crippen LogP contribution is 2.29. The van der Waals surface area contributed by atoms with E-state index in [9.17, 15) is 4.79 Å². The summed E-state index contributed by atoms with van der Waals surface area (Å²) in [6.45, 7) is 0.468. The maximum absolute atomic E-state index is 11.8. The Morgan fingerprint density at radius 2 is 2.04 bits per heavy atom. The van der Waals surface area contributed by atoms with Gasteiger partial charge >= 0.3 is 0 Å². The Labute approximate surface area is 150 Å². The maximum atomic E-state index is 11.8. The lowest BCUT2D eigenvalue weighted by molar-refractivity contribution is -0.116. The van der Waals surface area contributed by atoms with Crippen LogP contribution in [-0.2, 0) is 11.3 Å². The summed E-state index contributed by atoms with van der Waals surface area (Å²) in [7, 11) is 0. The maximum Gasteiger partial charge on any atom is 0.244 e. The molecule has 2 aromatic heterocycles. The summed E-state index contributed by atoms with van der Waals surface area (Å²) < 4.78 is 1.06. The van der Waals surface area contributed by atoms with Crippen molar-refractivity contribution >= 4 is 50.6 Å². The lowest BCUT2D eigenvalue weighted by Gasteiger charge is -1.97. The molecule has 0 unspecified atom stereocenters. The van der Waals surface area contributed by atoms with Crippen LogP contribution in [0.25, 0.3) is 16.5 Å². The average Bonchev–Trinajstić information content (AvgIpc) is 3.23. The number of amides is 1. The van der Waals surface area contributed by atoms with Crippen molar-refractivity contribution in [2.24, 2.45) is 0 Å². The first kappa shape index (κ1) is 16.1. The normalized spacial score (nSPS) is 11.0. The van der Waals surface area contributed by atoms with E-state index in [1.54, 1.807) is 23.6 Å². The van der Waals surface area contributed by atoms with Crippen molar-refractivity contribution in [3.8, 4) is 10.4 Å². The van der Waals surface area contributed by atoms with Crippen molar-refractivity contribution in [2.45, 2.75) is 6.54 Å². The van der Waals surface area contributed by atoms with E-state index in [2.05, 4.69) is 44.4 Å². The van der Waals surface area contributed by atoms with Gasteiger partial charge in [-0.1, -0.05) is 28.1 Å². The van der Waals surface area contributed by atoms with Gasteiger partial charge in [-0.05, 0) is 35.9 Å². The molecular weight excluding hydrogens is 392 g/mol. The van der Waals surface area contributed by atoms with E-state index in [1.807, 2.05) is 29.7 Å². The lowest BCUT2D eigenvalue weighted by atomic mass is 10.2. The second-order valence-electron chi connectivity index (χ2n) is 4.69. The zero-order valence-electron chi connectivity index (χ0n) is 12.0. The highest BCUT2D eigenvalue weighted by Gasteiger charge is 2.02. The number of nitrogens with zero attached hydrogens (tertiary/aromatic N) is 1. The largest absolute Gasteiger partial charge is 0.346 e. The van der Waals surface area contributed by atoms with Crippen molar-refractivity contribution in [3.63, 3.8) is 0 Å². The highest BCUT2D eigenvalue weighted by atomic mass is 79.9. The van der Waals surface area contributed by atoms with Crippen molar-refractivity contribution in [1.82, 2.24) is 10.3 Å². The van der Waals surface area contributed by atoms with Crippen molar-refractivity contribution in [1.29, 1.82) is 0 Å². The molecule has 0 aliphatic carbocycles. The number of thiophene rings is 1. The van der Waals surface area contributed by atoms with Gasteiger partial charge in [0.05, 0.1) is 6.54 Å². The first-order valence-electron chi connectivity index (χ1n) is 6.91. The van der Waals surface area contributed by atoms with E-state index in [1.165, 1.54) is 21.8 Å². The molecule has 0 aliphatic rings. The van der Waals surface area contributed by atoms with Crippen LogP contribution in [0.1, 0.15) is 9.88 Å². The molecule has 0 aliphatic heterocycles. The summed E-state index contributed by atoms with van der Waals surface area (Å²) in [5.41, 5.74) is 1.17. The van der Waals surface area contributed by atoms with Gasteiger partial charge in [0.15, 0.2) is 0 Å². The van der Waals surface area contributed by atoms with Crippen LogP contribution in [-0.4, -0.2) is 10.9 Å². The first-order valence-corrected chi connectivity index (χ1v) is 9.40. The van der Waals surface area contributed by atoms with Gasteiger partial charge in [0, 0.05) is 31.9 Å². The molecule has 0 bridgehead atoms. The Kier molecular flexibility index (Phi) is 5.38. The Hall–Kier alpha value is -1.76. The van der Waals surface area contributed by atoms with Crippen molar-refractivity contribution < 1.29 is 4.79 Å². The number of thiazole rings is 1. The molecule has 6 heteroatoms. The fourth-order valence-electron chi connectivity index (χ4n) is 1.93. The van der Waals surface area contributed by atoms with Crippen LogP contribution in [0.5, 0.6) is 0 Å². The van der Waals surface area contributed by atoms with E-state index in [4.69, 9.17) is 0 Å². The zero-order valence-corrected chi connectivity index (χ0v) is 15.2. The lowest BCUT2D eigenvalue weighted by Crippen LogP contribution is -2.19. The first-order chi connectivity index (χ1) is 11.2. The summed E-state index contributed by atoms with van der Waals surface area (Å²) in [6.07, 6.45) is 5.13. The molecule has 1 aromatic carbocycles. The average molecular weight is 405 g/mol. The molecule has 3 nitrogen and oxygen atoms in total. The third-order valence-corrected chi connectivity index (χ3v) is 5.46. The molecule has 3 aromatic rings. The smallest absolute Gasteiger partial charge is 0.244 e. The van der Waals surface area contributed by atoms with Crippen molar-refractivity contribution in [2.75, 3.05) is 0 Å². The van der Waals surface area contributed by atoms with Gasteiger partial charge in [-0.25, -0.2) is 4.98 Å². The van der Waals surface area contributed by atoms with Crippen LogP contribution in [0.2, 0.25) is 0 Å². The number of carbonyl (C=O) groups is 1. The van der Waals surface area contributed by atoms with Gasteiger partial charge in [0.1, 0.15) is 5.01 Å². The van der Waals surface area contributed by atoms with Gasteiger partial charge in [-0.15, -0.1) is 22.7 Å². The van der Waals surface area contributed by atoms with Crippen molar-refractivity contribution in [3.05, 3.63) is 68.4 Å². The summed E-state index contributed by atoms with van der Waals surface area (Å²) in [6, 6.07) is 12.3. The number of aromatic nitrogens is 1. The SMILES string of the molecule is O=C(/C=C/c1ccc(-c2ccc(Br)cc2)s1)NCc1nccs1. The summed E-state index contributed by atoms with van der Waals surface area (Å²) >= 11 is 6.62. The number of halogens is 1. The number of nitrogens with one attached hydrogen (secondary N) is 1. The molecule has 23 heavy (non-hydrogen) atoms. The van der Waals surface area contributed by atoms with E-state index in [-0.39, 0.29) is 5.91 Å². The molecule has 3 rings (SSSR count). The van der Waals surface area contributed by atoms with Gasteiger partial charge in [0.2, 0.25) is 5.91 Å². The minimum absolute atomic E-state index is 0.112. The summed E-state index contributed by atoms with van der Waals surface area (Å²) in [5.74, 6) is -0.112. The number of carbonyl (C=O) groups excluding carboxylic acids is 1. The van der Waals surface area contributed by atoms with Gasteiger partial charge in [-0.2, -0.15) is 0 Å². The molecule has 0 fully saturated rings. The number of hydrogen-bond donors (Lipinski definition) is 1. The van der Waals surface area contributed by atoms with E-state index >= 15 is 0 Å². The number of hydrogen-bond acceptors (Lipinski definition) is 4.